The van der Waals surface area contributed by atoms with Crippen LogP contribution in [0.3, 0.4) is 0 Å². The Morgan fingerprint density at radius 3 is 2.12 bits per heavy atom. The number of carbonyl (C=O) groups excluding carboxylic acids is 1. The molecule has 1 aliphatic rings. The fourth-order valence-corrected chi connectivity index (χ4v) is 4.08. The van der Waals surface area contributed by atoms with Crippen molar-refractivity contribution in [3.63, 3.8) is 0 Å². The molecular weight excluding hydrogens is 546 g/mol. The summed E-state index contributed by atoms with van der Waals surface area (Å²) in [4.78, 5) is 34.2. The van der Waals surface area contributed by atoms with Crippen LogP contribution in [0.2, 0.25) is 5.09 Å². The van der Waals surface area contributed by atoms with Gasteiger partial charge in [-0.2, -0.15) is 0 Å². The minimum atomic E-state index is -4.47. The van der Waals surface area contributed by atoms with Gasteiger partial charge in [0.05, 0.1) is 5.56 Å². The Hall–Kier alpha value is -3.75. The Morgan fingerprint density at radius 1 is 1.00 bits per heavy atom. The van der Waals surface area contributed by atoms with E-state index < -0.39 is 23.3 Å². The molecule has 3 aromatic rings. The molecule has 0 radical (unpaired) electrons. The Labute approximate surface area is 252 Å². The van der Waals surface area contributed by atoms with E-state index in [2.05, 4.69) is 20.2 Å². The fraction of sp³-hybridized carbons (Fsp3) is 0.379. The Balaban J connectivity index is 0.000000458. The predicted molar refractivity (Wildman–Crippen MR) is 154 cm³/mol. The van der Waals surface area contributed by atoms with Gasteiger partial charge in [0.1, 0.15) is 5.60 Å². The number of piperazine rings is 1. The van der Waals surface area contributed by atoms with Gasteiger partial charge in [-0.05, 0) is 32.9 Å². The molecule has 1 amide bonds. The number of halogens is 3. The monoisotopic (exact) mass is 579 g/mol. The number of anilines is 3. The van der Waals surface area contributed by atoms with Crippen LogP contribution in [0.1, 0.15) is 42.4 Å². The Morgan fingerprint density at radius 2 is 1.62 bits per heavy atom. The van der Waals surface area contributed by atoms with E-state index in [0.29, 0.717) is 42.5 Å². The van der Waals surface area contributed by atoms with E-state index >= 15 is 0 Å². The third-order valence-corrected chi connectivity index (χ3v) is 6.10. The first-order chi connectivity index (χ1) is 19.8. The summed E-state index contributed by atoms with van der Waals surface area (Å²) >= 11 is 1.81. The number of carboxylic acids is 1. The van der Waals surface area contributed by atoms with Crippen molar-refractivity contribution >= 4 is 47.1 Å². The van der Waals surface area contributed by atoms with Crippen molar-refractivity contribution in [2.24, 2.45) is 0 Å². The topological polar surface area (TPSA) is 108 Å². The van der Waals surface area contributed by atoms with E-state index in [1.165, 1.54) is 0 Å². The van der Waals surface area contributed by atoms with Crippen LogP contribution < -0.4 is 10.2 Å². The maximum atomic E-state index is 13.2. The first kappa shape index (κ1) is 32.8. The summed E-state index contributed by atoms with van der Waals surface area (Å²) in [5.74, 6) is -0.749. The molecule has 13 heteroatoms. The number of nitrogens with one attached hydrogen (secondary N) is 1. The summed E-state index contributed by atoms with van der Waals surface area (Å²) in [7, 11) is 0. The molecule has 2 N–H and O–H groups in total. The number of carboxylic acid groups (broad SMARTS) is 1. The molecule has 1 aromatic heterocycles. The van der Waals surface area contributed by atoms with Crippen molar-refractivity contribution in [1.29, 1.82) is 0 Å². The van der Waals surface area contributed by atoms with Gasteiger partial charge in [0.2, 0.25) is 0 Å². The second-order valence-corrected chi connectivity index (χ2v) is 10.6. The molecule has 1 saturated heterocycles. The zero-order valence-corrected chi connectivity index (χ0v) is 24.1. The van der Waals surface area contributed by atoms with E-state index in [1.807, 2.05) is 45.0 Å². The summed E-state index contributed by atoms with van der Waals surface area (Å²) in [6.07, 6.45) is -3.72. The molecule has 0 spiro atoms. The van der Waals surface area contributed by atoms with Gasteiger partial charge in [0, 0.05) is 13.1 Å². The van der Waals surface area contributed by atoms with Crippen LogP contribution in [0.15, 0.2) is 60.8 Å². The van der Waals surface area contributed by atoms with Gasteiger partial charge in [-0.25, -0.2) is 9.59 Å². The zero-order chi connectivity index (χ0) is 30.9. The summed E-state index contributed by atoms with van der Waals surface area (Å²) < 4.78 is 44.9. The Kier molecular flexibility index (Phi) is 11.3. The number of rotatable bonds is 6. The van der Waals surface area contributed by atoms with Gasteiger partial charge in [-0.15, -0.1) is 0 Å². The molecule has 9 nitrogen and oxygen atoms in total. The number of ether oxygens (including phenoxy) is 1. The number of nitrogens with zero attached hydrogens (tertiary/aromatic N) is 4. The molecule has 1 aliphatic heterocycles. The molecule has 42 heavy (non-hydrogen) atoms. The van der Waals surface area contributed by atoms with Crippen LogP contribution in [-0.2, 0) is 17.3 Å². The van der Waals surface area contributed by atoms with Gasteiger partial charge in [-0.1, -0.05) is 18.2 Å². The van der Waals surface area contributed by atoms with Crippen LogP contribution >= 0.6 is 0 Å². The van der Waals surface area contributed by atoms with Crippen molar-refractivity contribution in [1.82, 2.24) is 14.9 Å². The number of alkyl halides is 3. The number of carbonyl (C=O) groups is 2. The van der Waals surface area contributed by atoms with E-state index in [-0.39, 0.29) is 24.2 Å². The second-order valence-electron chi connectivity index (χ2n) is 10.6. The third-order valence-electron chi connectivity index (χ3n) is 6.10. The Bertz CT molecular complexity index is 1330. The molecule has 2 aromatic carbocycles. The molecule has 1 fully saturated rings. The quantitative estimate of drug-likeness (QED) is 0.353. The molecule has 2 heterocycles. The van der Waals surface area contributed by atoms with Gasteiger partial charge >= 0.3 is 153 Å². The fourth-order valence-electron chi connectivity index (χ4n) is 4.08. The zero-order valence-electron chi connectivity index (χ0n) is 24.1. The predicted octanol–water partition coefficient (Wildman–Crippen LogP) is 5.81. The van der Waals surface area contributed by atoms with Gasteiger partial charge in [-0.3, -0.25) is 0 Å². The molecule has 0 unspecified atom stereocenters. The second kappa shape index (κ2) is 14.4. The maximum absolute atomic E-state index is 13.2. The standard InChI is InChI=1S/C22H27F3N5O2.C7H6O2.Li/c1-5-18-17(22(23,24)25)14-26-19(28-18)27-15-6-8-16(9-7-15)29-10-12-30(13-11-29)20(31)32-21(2,3)4;8-7(9)6-4-2-1-3-5-6;/h6-9,14H,1,5,10-13H2,2-4H3,(H,26,27,28);1-5H,(H,8,9);. The van der Waals surface area contributed by atoms with Crippen LogP contribution in [0.25, 0.3) is 0 Å². The number of aromatic carboxylic acids is 1. The number of aromatic nitrogens is 2. The normalized spacial score (nSPS) is 13.6. The molecule has 0 bridgehead atoms. The summed E-state index contributed by atoms with van der Waals surface area (Å²) in [5.41, 5.74) is 0.665. The number of benzene rings is 2. The van der Waals surface area contributed by atoms with E-state index in [9.17, 15) is 22.8 Å². The summed E-state index contributed by atoms with van der Waals surface area (Å²) in [5, 5.41) is 11.9. The number of hydrogen-bond donors (Lipinski definition) is 2. The number of aryl methyl sites for hydroxylation is 1. The van der Waals surface area contributed by atoms with Gasteiger partial charge in [0.25, 0.3) is 0 Å². The molecule has 220 valence electrons. The third kappa shape index (κ3) is 9.96. The van der Waals surface area contributed by atoms with E-state index in [1.54, 1.807) is 52.9 Å². The van der Waals surface area contributed by atoms with E-state index in [4.69, 9.17) is 9.84 Å². The number of hydrogen-bond acceptors (Lipinski definition) is 7. The first-order valence-corrected chi connectivity index (χ1v) is 13.6. The van der Waals surface area contributed by atoms with Crippen molar-refractivity contribution in [3.8, 4) is 0 Å². The van der Waals surface area contributed by atoms with Gasteiger partial charge < -0.3 is 14.7 Å². The molecular formula is C29H33F3LiN5O4. The molecule has 4 rings (SSSR count). The van der Waals surface area contributed by atoms with Crippen LogP contribution in [0.4, 0.5) is 35.3 Å². The summed E-state index contributed by atoms with van der Waals surface area (Å²) in [6.45, 7) is 8.01. The number of amides is 1. The van der Waals surface area contributed by atoms with Crippen molar-refractivity contribution in [2.75, 3.05) is 36.4 Å². The van der Waals surface area contributed by atoms with Crippen LogP contribution in [0, 0.1) is 0 Å². The van der Waals surface area contributed by atoms with Crippen molar-refractivity contribution < 1.29 is 32.6 Å². The molecule has 0 aliphatic carbocycles. The van der Waals surface area contributed by atoms with Crippen molar-refractivity contribution in [3.05, 3.63) is 77.6 Å². The van der Waals surface area contributed by atoms with Crippen LogP contribution in [-0.4, -0.2) is 81.5 Å². The average molecular weight is 580 g/mol. The van der Waals surface area contributed by atoms with Crippen LogP contribution in [0.5, 0.6) is 0 Å². The average Bonchev–Trinajstić information content (AvgIpc) is 2.93. The summed E-state index contributed by atoms with van der Waals surface area (Å²) in [6, 6.07) is 15.8. The minimum absolute atomic E-state index is 0.0121. The SMILES string of the molecule is O=C(O)c1ccccc1.[Li][CH2]Cc1nc(Nc2ccc(N3CCN(C(=O)OC(C)(C)C)CC3)cc2)ncc1C(F)(F)F. The first-order valence-electron chi connectivity index (χ1n) is 13.6. The molecule has 0 atom stereocenters. The van der Waals surface area contributed by atoms with Gasteiger partial charge in [0.15, 0.2) is 0 Å². The van der Waals surface area contributed by atoms with E-state index in [0.717, 1.165) is 11.9 Å². The van der Waals surface area contributed by atoms with Crippen molar-refractivity contribution in [2.45, 2.75) is 44.1 Å². The molecule has 0 saturated carbocycles.